The Morgan fingerprint density at radius 2 is 2.17 bits per heavy atom. The highest BCUT2D eigenvalue weighted by atomic mass is 16.5. The van der Waals surface area contributed by atoms with E-state index >= 15 is 0 Å². The van der Waals surface area contributed by atoms with Gasteiger partial charge in [-0.3, -0.25) is 4.79 Å². The van der Waals surface area contributed by atoms with Gasteiger partial charge < -0.3 is 15.0 Å². The average Bonchev–Trinajstić information content (AvgIpc) is 2.35. The smallest absolute Gasteiger partial charge is 0.309 e. The molecule has 4 nitrogen and oxygen atoms in total. The Bertz CT molecular complexity index is 256. The van der Waals surface area contributed by atoms with E-state index in [4.69, 9.17) is 4.74 Å². The molecule has 2 atom stereocenters. The predicted octanol–water partition coefficient (Wildman–Crippen LogP) is 1.51. The van der Waals surface area contributed by atoms with Crippen LogP contribution in [0, 0.1) is 11.8 Å². The molecule has 0 saturated carbocycles. The van der Waals surface area contributed by atoms with Crippen molar-refractivity contribution in [2.24, 2.45) is 11.8 Å². The maximum atomic E-state index is 11.4. The van der Waals surface area contributed by atoms with Crippen molar-refractivity contribution in [1.82, 2.24) is 10.2 Å². The van der Waals surface area contributed by atoms with Gasteiger partial charge in [0.1, 0.15) is 0 Å². The number of piperidine rings is 1. The minimum atomic E-state index is -0.0996. The molecule has 1 aliphatic rings. The molecular formula is C14H28N2O2. The number of likely N-dealkylation sites (tertiary alicyclic amines) is 1. The first-order valence-electron chi connectivity index (χ1n) is 7.06. The van der Waals surface area contributed by atoms with Gasteiger partial charge in [-0.25, -0.2) is 0 Å². The van der Waals surface area contributed by atoms with Crippen LogP contribution in [0.2, 0.25) is 0 Å². The molecule has 1 N–H and O–H groups in total. The lowest BCUT2D eigenvalue weighted by Gasteiger charge is -2.34. The van der Waals surface area contributed by atoms with Crippen molar-refractivity contribution < 1.29 is 9.53 Å². The van der Waals surface area contributed by atoms with Crippen LogP contribution in [0.4, 0.5) is 0 Å². The minimum Gasteiger partial charge on any atom is -0.469 e. The van der Waals surface area contributed by atoms with Crippen molar-refractivity contribution in [1.29, 1.82) is 0 Å². The third kappa shape index (κ3) is 5.36. The number of carbonyl (C=O) groups is 1. The highest BCUT2D eigenvalue weighted by molar-refractivity contribution is 5.72. The van der Waals surface area contributed by atoms with Crippen molar-refractivity contribution in [3.05, 3.63) is 0 Å². The van der Waals surface area contributed by atoms with Gasteiger partial charge in [0.05, 0.1) is 13.0 Å². The highest BCUT2D eigenvalue weighted by Gasteiger charge is 2.23. The zero-order valence-electron chi connectivity index (χ0n) is 12.2. The van der Waals surface area contributed by atoms with Gasteiger partial charge in [-0.1, -0.05) is 20.8 Å². The van der Waals surface area contributed by atoms with E-state index in [1.54, 1.807) is 0 Å². The summed E-state index contributed by atoms with van der Waals surface area (Å²) in [5, 5.41) is 3.50. The molecule has 1 saturated heterocycles. The van der Waals surface area contributed by atoms with Crippen LogP contribution in [0.5, 0.6) is 0 Å². The fourth-order valence-electron chi connectivity index (χ4n) is 2.55. The quantitative estimate of drug-likeness (QED) is 0.731. The van der Waals surface area contributed by atoms with Crippen LogP contribution in [0.15, 0.2) is 0 Å². The lowest BCUT2D eigenvalue weighted by molar-refractivity contribution is -0.145. The van der Waals surface area contributed by atoms with Crippen LogP contribution in [-0.4, -0.2) is 50.2 Å². The summed E-state index contributed by atoms with van der Waals surface area (Å²) in [7, 11) is 1.46. The zero-order chi connectivity index (χ0) is 13.5. The van der Waals surface area contributed by atoms with Crippen LogP contribution in [-0.2, 0) is 9.53 Å². The summed E-state index contributed by atoms with van der Waals surface area (Å²) in [4.78, 5) is 13.8. The Balaban J connectivity index is 2.32. The first kappa shape index (κ1) is 15.4. The molecule has 0 radical (unpaired) electrons. The number of esters is 1. The molecule has 0 bridgehead atoms. The van der Waals surface area contributed by atoms with Gasteiger partial charge in [0.2, 0.25) is 0 Å². The number of rotatable bonds is 6. The van der Waals surface area contributed by atoms with Gasteiger partial charge in [0, 0.05) is 19.1 Å². The maximum absolute atomic E-state index is 11.4. The number of nitrogens with zero attached hydrogens (tertiary/aromatic N) is 1. The topological polar surface area (TPSA) is 41.6 Å². The Labute approximate surface area is 111 Å². The average molecular weight is 256 g/mol. The third-order valence-electron chi connectivity index (χ3n) is 3.55. The fraction of sp³-hybridized carbons (Fsp3) is 0.929. The summed E-state index contributed by atoms with van der Waals surface area (Å²) >= 11 is 0. The molecule has 1 heterocycles. The molecule has 1 aliphatic heterocycles. The van der Waals surface area contributed by atoms with Gasteiger partial charge in [0.15, 0.2) is 0 Å². The minimum absolute atomic E-state index is 0.0215. The first-order valence-corrected chi connectivity index (χ1v) is 7.06. The number of hydrogen-bond donors (Lipinski definition) is 1. The molecule has 0 aliphatic carbocycles. The normalized spacial score (nSPS) is 23.1. The first-order chi connectivity index (χ1) is 8.52. The predicted molar refractivity (Wildman–Crippen MR) is 73.5 cm³/mol. The number of hydrogen-bond acceptors (Lipinski definition) is 4. The SMILES string of the molecule is COC(=O)C(C)CN1CCCC(CNC(C)C)C1. The molecule has 106 valence electrons. The van der Waals surface area contributed by atoms with E-state index in [0.29, 0.717) is 12.0 Å². The van der Waals surface area contributed by atoms with Gasteiger partial charge in [-0.05, 0) is 31.8 Å². The highest BCUT2D eigenvalue weighted by Crippen LogP contribution is 2.17. The van der Waals surface area contributed by atoms with Crippen molar-refractivity contribution in [3.63, 3.8) is 0 Å². The van der Waals surface area contributed by atoms with E-state index in [1.165, 1.54) is 20.0 Å². The lowest BCUT2D eigenvalue weighted by Crippen LogP contribution is -2.43. The summed E-state index contributed by atoms with van der Waals surface area (Å²) in [6.45, 7) is 10.4. The summed E-state index contributed by atoms with van der Waals surface area (Å²) in [5.74, 6) is 0.593. The van der Waals surface area contributed by atoms with E-state index in [-0.39, 0.29) is 11.9 Å². The molecule has 0 spiro atoms. The molecule has 0 aromatic rings. The Hall–Kier alpha value is -0.610. The van der Waals surface area contributed by atoms with Gasteiger partial charge in [0.25, 0.3) is 0 Å². The summed E-state index contributed by atoms with van der Waals surface area (Å²) in [6.07, 6.45) is 2.53. The van der Waals surface area contributed by atoms with E-state index in [0.717, 1.165) is 26.2 Å². The second-order valence-corrected chi connectivity index (χ2v) is 5.75. The Kier molecular flexibility index (Phi) is 6.65. The van der Waals surface area contributed by atoms with Gasteiger partial charge in [-0.2, -0.15) is 0 Å². The molecule has 1 fully saturated rings. The largest absolute Gasteiger partial charge is 0.469 e. The Morgan fingerprint density at radius 1 is 1.44 bits per heavy atom. The molecule has 18 heavy (non-hydrogen) atoms. The second kappa shape index (κ2) is 7.74. The van der Waals surface area contributed by atoms with Gasteiger partial charge in [-0.15, -0.1) is 0 Å². The number of nitrogens with one attached hydrogen (secondary N) is 1. The lowest BCUT2D eigenvalue weighted by atomic mass is 9.96. The van der Waals surface area contributed by atoms with Crippen LogP contribution >= 0.6 is 0 Å². The number of ether oxygens (including phenoxy) is 1. The van der Waals surface area contributed by atoms with Crippen molar-refractivity contribution in [2.45, 2.75) is 39.7 Å². The summed E-state index contributed by atoms with van der Waals surface area (Å²) < 4.78 is 4.78. The number of methoxy groups -OCH3 is 1. The summed E-state index contributed by atoms with van der Waals surface area (Å²) in [6, 6.07) is 0.550. The van der Waals surface area contributed by atoms with Gasteiger partial charge >= 0.3 is 5.97 Å². The van der Waals surface area contributed by atoms with E-state index in [9.17, 15) is 4.79 Å². The standard InChI is InChI=1S/C14H28N2O2/c1-11(2)15-8-13-6-5-7-16(10-13)9-12(3)14(17)18-4/h11-13,15H,5-10H2,1-4H3. The fourth-order valence-corrected chi connectivity index (χ4v) is 2.55. The third-order valence-corrected chi connectivity index (χ3v) is 3.55. The monoisotopic (exact) mass is 256 g/mol. The van der Waals surface area contributed by atoms with Crippen molar-refractivity contribution in [3.8, 4) is 0 Å². The second-order valence-electron chi connectivity index (χ2n) is 5.75. The number of carbonyl (C=O) groups excluding carboxylic acids is 1. The van der Waals surface area contributed by atoms with E-state index in [2.05, 4.69) is 24.1 Å². The molecule has 4 heteroatoms. The zero-order valence-corrected chi connectivity index (χ0v) is 12.2. The maximum Gasteiger partial charge on any atom is 0.309 e. The van der Waals surface area contributed by atoms with Crippen LogP contribution in [0.1, 0.15) is 33.6 Å². The molecule has 1 rings (SSSR count). The van der Waals surface area contributed by atoms with E-state index in [1.807, 2.05) is 6.92 Å². The molecule has 0 amide bonds. The van der Waals surface area contributed by atoms with Crippen molar-refractivity contribution >= 4 is 5.97 Å². The molecule has 0 aromatic carbocycles. The van der Waals surface area contributed by atoms with Crippen LogP contribution in [0.3, 0.4) is 0 Å². The summed E-state index contributed by atoms with van der Waals surface area (Å²) in [5.41, 5.74) is 0. The van der Waals surface area contributed by atoms with Crippen LogP contribution < -0.4 is 5.32 Å². The molecule has 0 aromatic heterocycles. The Morgan fingerprint density at radius 3 is 2.78 bits per heavy atom. The van der Waals surface area contributed by atoms with E-state index < -0.39 is 0 Å². The van der Waals surface area contributed by atoms with Crippen LogP contribution in [0.25, 0.3) is 0 Å². The van der Waals surface area contributed by atoms with Crippen molar-refractivity contribution in [2.75, 3.05) is 33.3 Å². The molecular weight excluding hydrogens is 228 g/mol. The molecule has 2 unspecified atom stereocenters.